The third-order valence-electron chi connectivity index (χ3n) is 2.28. The van der Waals surface area contributed by atoms with Crippen molar-refractivity contribution in [1.82, 2.24) is 5.43 Å². The van der Waals surface area contributed by atoms with Crippen molar-refractivity contribution in [3.05, 3.63) is 0 Å². The van der Waals surface area contributed by atoms with Crippen LogP contribution in [-0.4, -0.2) is 11.7 Å². The number of amides is 2. The molecule has 3 N–H and O–H groups in total. The number of nitrogens with zero attached hydrogens (tertiary/aromatic N) is 2. The van der Waals surface area contributed by atoms with Crippen LogP contribution in [0.15, 0.2) is 5.10 Å². The quantitative estimate of drug-likeness (QED) is 0.582. The zero-order chi connectivity index (χ0) is 9.90. The summed E-state index contributed by atoms with van der Waals surface area (Å²) in [4.78, 5) is 10.4. The summed E-state index contributed by atoms with van der Waals surface area (Å²) >= 11 is 0. The molecule has 0 spiro atoms. The van der Waals surface area contributed by atoms with E-state index < -0.39 is 11.4 Å². The van der Waals surface area contributed by atoms with E-state index in [4.69, 9.17) is 11.0 Å². The minimum absolute atomic E-state index is 0.525. The summed E-state index contributed by atoms with van der Waals surface area (Å²) in [5, 5.41) is 12.7. The van der Waals surface area contributed by atoms with Gasteiger partial charge in [-0.1, -0.05) is 0 Å². The van der Waals surface area contributed by atoms with Gasteiger partial charge in [0.1, 0.15) is 0 Å². The van der Waals surface area contributed by atoms with E-state index in [0.29, 0.717) is 5.71 Å². The topological polar surface area (TPSA) is 91.3 Å². The summed E-state index contributed by atoms with van der Waals surface area (Å²) in [6, 6.07) is 1.50. The minimum Gasteiger partial charge on any atom is -0.350 e. The first-order valence-corrected chi connectivity index (χ1v) is 4.12. The highest BCUT2D eigenvalue weighted by molar-refractivity contribution is 5.94. The van der Waals surface area contributed by atoms with E-state index >= 15 is 0 Å². The third kappa shape index (κ3) is 1.96. The molecule has 1 saturated carbocycles. The van der Waals surface area contributed by atoms with E-state index in [9.17, 15) is 4.79 Å². The molecule has 0 heterocycles. The van der Waals surface area contributed by atoms with Crippen LogP contribution in [0.1, 0.15) is 26.2 Å². The van der Waals surface area contributed by atoms with Gasteiger partial charge in [0.2, 0.25) is 0 Å². The fourth-order valence-electron chi connectivity index (χ4n) is 1.45. The highest BCUT2D eigenvalue weighted by Crippen LogP contribution is 2.34. The van der Waals surface area contributed by atoms with Crippen molar-refractivity contribution in [2.45, 2.75) is 26.2 Å². The SMILES string of the molecule is CC1(C#N)CCC/C1=N\NC(N)=O. The van der Waals surface area contributed by atoms with E-state index in [1.807, 2.05) is 6.92 Å². The van der Waals surface area contributed by atoms with Crippen LogP contribution < -0.4 is 11.2 Å². The first-order chi connectivity index (χ1) is 6.08. The predicted molar refractivity (Wildman–Crippen MR) is 47.7 cm³/mol. The first kappa shape index (κ1) is 9.52. The molecular weight excluding hydrogens is 168 g/mol. The van der Waals surface area contributed by atoms with Crippen LogP contribution in [0.5, 0.6) is 0 Å². The lowest BCUT2D eigenvalue weighted by molar-refractivity contribution is 0.249. The average Bonchev–Trinajstić information content (AvgIpc) is 2.44. The molecule has 13 heavy (non-hydrogen) atoms. The van der Waals surface area contributed by atoms with Crippen LogP contribution in [0.3, 0.4) is 0 Å². The number of carbonyl (C=O) groups excluding carboxylic acids is 1. The van der Waals surface area contributed by atoms with Crippen LogP contribution in [0.2, 0.25) is 0 Å². The van der Waals surface area contributed by atoms with E-state index in [1.54, 1.807) is 0 Å². The van der Waals surface area contributed by atoms with Gasteiger partial charge >= 0.3 is 6.03 Å². The van der Waals surface area contributed by atoms with Crippen LogP contribution >= 0.6 is 0 Å². The Morgan fingerprint density at radius 1 is 1.85 bits per heavy atom. The second kappa shape index (κ2) is 3.44. The average molecular weight is 180 g/mol. The lowest BCUT2D eigenvalue weighted by Gasteiger charge is -2.13. The van der Waals surface area contributed by atoms with Crippen LogP contribution in [0.4, 0.5) is 4.79 Å². The van der Waals surface area contributed by atoms with Crippen molar-refractivity contribution in [2.24, 2.45) is 16.3 Å². The zero-order valence-electron chi connectivity index (χ0n) is 7.50. The van der Waals surface area contributed by atoms with Gasteiger partial charge < -0.3 is 5.73 Å². The number of hydrogen-bond donors (Lipinski definition) is 2. The summed E-state index contributed by atoms with van der Waals surface area (Å²) in [5.74, 6) is 0. The highest BCUT2D eigenvalue weighted by Gasteiger charge is 2.35. The number of hydrazone groups is 1. The molecule has 0 aromatic rings. The Morgan fingerprint density at radius 2 is 2.54 bits per heavy atom. The fraction of sp³-hybridized carbons (Fsp3) is 0.625. The van der Waals surface area contributed by atoms with E-state index in [0.717, 1.165) is 19.3 Å². The van der Waals surface area contributed by atoms with Gasteiger partial charge in [-0.3, -0.25) is 0 Å². The molecule has 1 atom stereocenters. The Bertz CT molecular complexity index is 291. The number of rotatable bonds is 1. The molecule has 0 aromatic heterocycles. The number of urea groups is 1. The zero-order valence-corrected chi connectivity index (χ0v) is 7.50. The number of hydrogen-bond acceptors (Lipinski definition) is 3. The van der Waals surface area contributed by atoms with Crippen molar-refractivity contribution in [3.8, 4) is 6.07 Å². The molecular formula is C8H12N4O. The second-order valence-electron chi connectivity index (χ2n) is 3.33. The number of primary amides is 1. The maximum absolute atomic E-state index is 10.4. The summed E-state index contributed by atoms with van der Waals surface area (Å²) in [6.45, 7) is 1.82. The lowest BCUT2D eigenvalue weighted by atomic mass is 9.89. The lowest BCUT2D eigenvalue weighted by Crippen LogP contribution is -2.29. The standard InChI is InChI=1S/C8H12N4O/c1-8(5-9)4-2-3-6(8)11-12-7(10)13/h2-4H2,1H3,(H3,10,12,13)/b11-6+. The van der Waals surface area contributed by atoms with Crippen molar-refractivity contribution in [2.75, 3.05) is 0 Å². The second-order valence-corrected chi connectivity index (χ2v) is 3.33. The first-order valence-electron chi connectivity index (χ1n) is 4.12. The molecule has 0 bridgehead atoms. The minimum atomic E-state index is -0.695. The summed E-state index contributed by atoms with van der Waals surface area (Å²) < 4.78 is 0. The normalized spacial score (nSPS) is 30.0. The van der Waals surface area contributed by atoms with Gasteiger partial charge in [0.05, 0.1) is 17.2 Å². The van der Waals surface area contributed by atoms with Crippen molar-refractivity contribution < 1.29 is 4.79 Å². The van der Waals surface area contributed by atoms with Crippen LogP contribution in [0, 0.1) is 16.7 Å². The number of nitrogens with one attached hydrogen (secondary N) is 1. The Hall–Kier alpha value is -1.57. The Balaban J connectivity index is 2.75. The summed E-state index contributed by atoms with van der Waals surface area (Å²) in [5.41, 5.74) is 7.20. The van der Waals surface area contributed by atoms with Gasteiger partial charge in [-0.25, -0.2) is 10.2 Å². The molecule has 1 aliphatic carbocycles. The van der Waals surface area contributed by atoms with E-state index in [2.05, 4.69) is 16.6 Å². The van der Waals surface area contributed by atoms with Gasteiger partial charge in [-0.15, -0.1) is 0 Å². The number of nitriles is 1. The fourth-order valence-corrected chi connectivity index (χ4v) is 1.45. The predicted octanol–water partition coefficient (Wildman–Crippen LogP) is 0.724. The number of carbonyl (C=O) groups is 1. The molecule has 1 unspecified atom stereocenters. The molecule has 1 fully saturated rings. The van der Waals surface area contributed by atoms with Gasteiger partial charge in [0.25, 0.3) is 0 Å². The molecule has 0 aliphatic heterocycles. The smallest absolute Gasteiger partial charge is 0.332 e. The molecule has 1 aliphatic rings. The maximum atomic E-state index is 10.4. The third-order valence-corrected chi connectivity index (χ3v) is 2.28. The van der Waals surface area contributed by atoms with E-state index in [-0.39, 0.29) is 0 Å². The molecule has 70 valence electrons. The van der Waals surface area contributed by atoms with Crippen molar-refractivity contribution >= 4 is 11.7 Å². The highest BCUT2D eigenvalue weighted by atomic mass is 16.2. The molecule has 0 radical (unpaired) electrons. The van der Waals surface area contributed by atoms with Crippen LogP contribution in [-0.2, 0) is 0 Å². The van der Waals surface area contributed by atoms with Gasteiger partial charge in [-0.05, 0) is 26.2 Å². The monoisotopic (exact) mass is 180 g/mol. The van der Waals surface area contributed by atoms with Crippen molar-refractivity contribution in [1.29, 1.82) is 5.26 Å². The molecule has 0 saturated heterocycles. The summed E-state index contributed by atoms with van der Waals surface area (Å²) in [7, 11) is 0. The number of nitrogens with two attached hydrogens (primary N) is 1. The van der Waals surface area contributed by atoms with Gasteiger partial charge in [0, 0.05) is 0 Å². The molecule has 0 aromatic carbocycles. The van der Waals surface area contributed by atoms with Crippen LogP contribution in [0.25, 0.3) is 0 Å². The molecule has 5 nitrogen and oxygen atoms in total. The molecule has 5 heteroatoms. The molecule has 2 amide bonds. The Morgan fingerprint density at radius 3 is 3.08 bits per heavy atom. The Kier molecular flexibility index (Phi) is 2.52. The molecule has 1 rings (SSSR count). The summed E-state index contributed by atoms with van der Waals surface area (Å²) in [6.07, 6.45) is 2.48. The van der Waals surface area contributed by atoms with Crippen molar-refractivity contribution in [3.63, 3.8) is 0 Å². The van der Waals surface area contributed by atoms with E-state index in [1.165, 1.54) is 0 Å². The van der Waals surface area contributed by atoms with Gasteiger partial charge in [0.15, 0.2) is 0 Å². The van der Waals surface area contributed by atoms with Gasteiger partial charge in [-0.2, -0.15) is 10.4 Å². The largest absolute Gasteiger partial charge is 0.350 e. The maximum Gasteiger partial charge on any atom is 0.332 e. The Labute approximate surface area is 76.6 Å².